The number of pyridine rings is 1. The number of halogens is 2. The maximum absolute atomic E-state index is 13.4. The Morgan fingerprint density at radius 2 is 1.94 bits per heavy atom. The van der Waals surface area contributed by atoms with Gasteiger partial charge in [0.2, 0.25) is 0 Å². The van der Waals surface area contributed by atoms with Crippen molar-refractivity contribution in [1.82, 2.24) is 15.0 Å². The largest absolute Gasteiger partial charge is 0.338 e. The van der Waals surface area contributed by atoms with Crippen molar-refractivity contribution in [3.05, 3.63) is 46.9 Å². The van der Waals surface area contributed by atoms with E-state index in [1.165, 1.54) is 6.07 Å². The van der Waals surface area contributed by atoms with Gasteiger partial charge in [0.15, 0.2) is 0 Å². The van der Waals surface area contributed by atoms with Crippen LogP contribution in [0.1, 0.15) is 0 Å². The molecule has 0 aliphatic carbocycles. The molecule has 0 saturated carbocycles. The first-order valence-electron chi connectivity index (χ1n) is 4.99. The molecule has 2 heterocycles. The van der Waals surface area contributed by atoms with E-state index in [1.54, 1.807) is 18.5 Å². The average molecular weight is 292 g/mol. The van der Waals surface area contributed by atoms with Crippen molar-refractivity contribution in [2.75, 3.05) is 0 Å². The van der Waals surface area contributed by atoms with Crippen molar-refractivity contribution < 1.29 is 4.39 Å². The zero-order valence-corrected chi connectivity index (χ0v) is 10.2. The van der Waals surface area contributed by atoms with Crippen LogP contribution in [0.5, 0.6) is 0 Å². The Bertz CT molecular complexity index is 640. The van der Waals surface area contributed by atoms with E-state index in [1.807, 2.05) is 12.1 Å². The fourth-order valence-electron chi connectivity index (χ4n) is 1.65. The van der Waals surface area contributed by atoms with Crippen LogP contribution in [-0.4, -0.2) is 15.0 Å². The second kappa shape index (κ2) is 3.92. The zero-order chi connectivity index (χ0) is 11.8. The number of aromatic amines is 1. The highest BCUT2D eigenvalue weighted by atomic mass is 79.9. The van der Waals surface area contributed by atoms with Crippen LogP contribution in [0, 0.1) is 5.82 Å². The van der Waals surface area contributed by atoms with Crippen LogP contribution in [-0.2, 0) is 0 Å². The Hall–Kier alpha value is -1.75. The van der Waals surface area contributed by atoms with Gasteiger partial charge >= 0.3 is 0 Å². The number of hydrogen-bond acceptors (Lipinski definition) is 2. The van der Waals surface area contributed by atoms with Crippen LogP contribution in [0.4, 0.5) is 4.39 Å². The highest BCUT2D eigenvalue weighted by Crippen LogP contribution is 2.24. The van der Waals surface area contributed by atoms with Gasteiger partial charge in [0.1, 0.15) is 11.6 Å². The molecular formula is C12H7BrFN3. The average Bonchev–Trinajstić information content (AvgIpc) is 2.74. The SMILES string of the molecule is Fc1cc2[nH]c(-c3ccncc3)nc2cc1Br. The zero-order valence-electron chi connectivity index (χ0n) is 8.61. The lowest BCUT2D eigenvalue weighted by atomic mass is 10.3. The van der Waals surface area contributed by atoms with Crippen molar-refractivity contribution >= 4 is 27.0 Å². The lowest BCUT2D eigenvalue weighted by Gasteiger charge is -1.93. The maximum atomic E-state index is 13.4. The molecule has 0 fully saturated rings. The number of imidazole rings is 1. The third-order valence-corrected chi connectivity index (χ3v) is 3.09. The molecule has 0 radical (unpaired) electrons. The normalized spacial score (nSPS) is 10.9. The van der Waals surface area contributed by atoms with E-state index in [4.69, 9.17) is 0 Å². The van der Waals surface area contributed by atoms with Gasteiger partial charge in [-0.25, -0.2) is 9.37 Å². The van der Waals surface area contributed by atoms with Crippen LogP contribution >= 0.6 is 15.9 Å². The lowest BCUT2D eigenvalue weighted by Crippen LogP contribution is -1.79. The number of nitrogens with one attached hydrogen (secondary N) is 1. The molecule has 0 aliphatic rings. The Labute approximate surface area is 105 Å². The van der Waals surface area contributed by atoms with Crippen LogP contribution in [0.3, 0.4) is 0 Å². The summed E-state index contributed by atoms with van der Waals surface area (Å²) in [5.74, 6) is 0.405. The van der Waals surface area contributed by atoms with E-state index in [-0.39, 0.29) is 5.82 Å². The third kappa shape index (κ3) is 1.82. The molecule has 0 saturated heterocycles. The van der Waals surface area contributed by atoms with Gasteiger partial charge in [0, 0.05) is 24.0 Å². The Kier molecular flexibility index (Phi) is 2.40. The summed E-state index contributed by atoms with van der Waals surface area (Å²) in [6, 6.07) is 6.79. The van der Waals surface area contributed by atoms with Crippen LogP contribution in [0.2, 0.25) is 0 Å². The molecular weight excluding hydrogens is 285 g/mol. The first-order chi connectivity index (χ1) is 8.24. The van der Waals surface area contributed by atoms with Gasteiger partial charge in [0.25, 0.3) is 0 Å². The van der Waals surface area contributed by atoms with Gasteiger partial charge in [-0.1, -0.05) is 0 Å². The number of fused-ring (bicyclic) bond motifs is 1. The van der Waals surface area contributed by atoms with Gasteiger partial charge in [-0.15, -0.1) is 0 Å². The summed E-state index contributed by atoms with van der Waals surface area (Å²) in [4.78, 5) is 11.4. The van der Waals surface area contributed by atoms with E-state index < -0.39 is 0 Å². The molecule has 3 nitrogen and oxygen atoms in total. The second-order valence-corrected chi connectivity index (χ2v) is 4.46. The van der Waals surface area contributed by atoms with Crippen molar-refractivity contribution in [1.29, 1.82) is 0 Å². The van der Waals surface area contributed by atoms with Crippen molar-refractivity contribution in [3.8, 4) is 11.4 Å². The van der Waals surface area contributed by atoms with Crippen LogP contribution in [0.15, 0.2) is 41.1 Å². The predicted octanol–water partition coefficient (Wildman–Crippen LogP) is 3.53. The first-order valence-corrected chi connectivity index (χ1v) is 5.78. The highest BCUT2D eigenvalue weighted by molar-refractivity contribution is 9.10. The number of nitrogens with zero attached hydrogens (tertiary/aromatic N) is 2. The monoisotopic (exact) mass is 291 g/mol. The van der Waals surface area contributed by atoms with Crippen molar-refractivity contribution in [2.24, 2.45) is 0 Å². The van der Waals surface area contributed by atoms with E-state index in [9.17, 15) is 4.39 Å². The molecule has 0 atom stereocenters. The van der Waals surface area contributed by atoms with Gasteiger partial charge in [0.05, 0.1) is 15.5 Å². The molecule has 0 amide bonds. The molecule has 84 valence electrons. The van der Waals surface area contributed by atoms with Gasteiger partial charge in [-0.05, 0) is 34.1 Å². The Morgan fingerprint density at radius 3 is 2.71 bits per heavy atom. The van der Waals surface area contributed by atoms with Crippen LogP contribution < -0.4 is 0 Å². The van der Waals surface area contributed by atoms with Gasteiger partial charge in [-0.3, -0.25) is 4.98 Å². The fraction of sp³-hybridized carbons (Fsp3) is 0. The predicted molar refractivity (Wildman–Crippen MR) is 67.0 cm³/mol. The minimum absolute atomic E-state index is 0.303. The Balaban J connectivity index is 2.21. The van der Waals surface area contributed by atoms with Crippen molar-refractivity contribution in [3.63, 3.8) is 0 Å². The summed E-state index contributed by atoms with van der Waals surface area (Å²) < 4.78 is 13.8. The molecule has 1 N–H and O–H groups in total. The standard InChI is InChI=1S/C12H7BrFN3/c13-8-5-10-11(6-9(8)14)17-12(16-10)7-1-3-15-4-2-7/h1-6H,(H,16,17). The summed E-state index contributed by atoms with van der Waals surface area (Å²) in [7, 11) is 0. The van der Waals surface area contributed by atoms with Crippen LogP contribution in [0.25, 0.3) is 22.4 Å². The van der Waals surface area contributed by atoms with E-state index in [0.29, 0.717) is 15.8 Å². The number of benzene rings is 1. The minimum atomic E-state index is -0.303. The second-order valence-electron chi connectivity index (χ2n) is 3.60. The molecule has 1 aromatic carbocycles. The molecule has 0 unspecified atom stereocenters. The maximum Gasteiger partial charge on any atom is 0.139 e. The van der Waals surface area contributed by atoms with E-state index in [0.717, 1.165) is 11.1 Å². The first kappa shape index (κ1) is 10.4. The molecule has 0 spiro atoms. The smallest absolute Gasteiger partial charge is 0.139 e. The number of aromatic nitrogens is 3. The molecule has 3 rings (SSSR count). The van der Waals surface area contributed by atoms with E-state index >= 15 is 0 Å². The molecule has 3 aromatic rings. The third-order valence-electron chi connectivity index (χ3n) is 2.48. The minimum Gasteiger partial charge on any atom is -0.338 e. The number of rotatable bonds is 1. The quantitative estimate of drug-likeness (QED) is 0.745. The summed E-state index contributed by atoms with van der Waals surface area (Å²) in [5.41, 5.74) is 2.33. The highest BCUT2D eigenvalue weighted by Gasteiger charge is 2.08. The summed E-state index contributed by atoms with van der Waals surface area (Å²) in [5, 5.41) is 0. The summed E-state index contributed by atoms with van der Waals surface area (Å²) in [6.45, 7) is 0. The lowest BCUT2D eigenvalue weighted by molar-refractivity contribution is 0.623. The topological polar surface area (TPSA) is 41.6 Å². The van der Waals surface area contributed by atoms with Crippen molar-refractivity contribution in [2.45, 2.75) is 0 Å². The fourth-order valence-corrected chi connectivity index (χ4v) is 1.98. The summed E-state index contributed by atoms with van der Waals surface area (Å²) in [6.07, 6.45) is 3.39. The Morgan fingerprint density at radius 1 is 1.18 bits per heavy atom. The number of H-pyrrole nitrogens is 1. The summed E-state index contributed by atoms with van der Waals surface area (Å²) >= 11 is 3.14. The van der Waals surface area contributed by atoms with Gasteiger partial charge < -0.3 is 4.98 Å². The number of hydrogen-bond donors (Lipinski definition) is 1. The molecule has 5 heteroatoms. The van der Waals surface area contributed by atoms with E-state index in [2.05, 4.69) is 30.9 Å². The molecule has 2 aromatic heterocycles. The molecule has 0 aliphatic heterocycles. The van der Waals surface area contributed by atoms with Gasteiger partial charge in [-0.2, -0.15) is 0 Å². The molecule has 0 bridgehead atoms. The molecule has 17 heavy (non-hydrogen) atoms.